The number of fused-ring (bicyclic) bond motifs is 2. The van der Waals surface area contributed by atoms with E-state index in [-0.39, 0.29) is 6.54 Å². The van der Waals surface area contributed by atoms with Crippen molar-refractivity contribution in [1.29, 1.82) is 0 Å². The summed E-state index contributed by atoms with van der Waals surface area (Å²) in [5.41, 5.74) is 1.78. The molecule has 0 bridgehead atoms. The highest BCUT2D eigenvalue weighted by Crippen LogP contribution is 2.44. The fraction of sp³-hybridized carbons (Fsp3) is 0.160. The summed E-state index contributed by atoms with van der Waals surface area (Å²) >= 11 is 0. The van der Waals surface area contributed by atoms with Crippen LogP contribution < -0.4 is 4.90 Å². The molecule has 31 heavy (non-hydrogen) atoms. The van der Waals surface area contributed by atoms with Crippen LogP contribution in [0, 0.1) is 6.57 Å². The molecule has 5 rings (SSSR count). The number of imidazole rings is 1. The molecular weight excluding hydrogens is 388 g/mol. The van der Waals surface area contributed by atoms with Crippen LogP contribution in [0.25, 0.3) is 15.9 Å². The van der Waals surface area contributed by atoms with Crippen LogP contribution in [0.4, 0.5) is 5.69 Å². The average Bonchev–Trinajstić information content (AvgIpc) is 3.27. The molecule has 0 spiro atoms. The first kappa shape index (κ1) is 19.0. The van der Waals surface area contributed by atoms with Crippen molar-refractivity contribution in [3.8, 4) is 0 Å². The Morgan fingerprint density at radius 3 is 2.48 bits per heavy atom. The lowest BCUT2D eigenvalue weighted by Crippen LogP contribution is -2.41. The molecule has 1 unspecified atom stereocenters. The molecule has 1 amide bonds. The van der Waals surface area contributed by atoms with Crippen LogP contribution in [0.5, 0.6) is 0 Å². The molecule has 0 saturated carbocycles. The van der Waals surface area contributed by atoms with Crippen molar-refractivity contribution in [2.75, 3.05) is 11.4 Å². The van der Waals surface area contributed by atoms with Gasteiger partial charge in [-0.05, 0) is 23.8 Å². The summed E-state index contributed by atoms with van der Waals surface area (Å²) in [6, 6.07) is 24.1. The Labute approximate surface area is 179 Å². The summed E-state index contributed by atoms with van der Waals surface area (Å²) in [5, 5.41) is 11.6. The molecule has 1 aliphatic rings. The zero-order valence-corrected chi connectivity index (χ0v) is 16.8. The highest BCUT2D eigenvalue weighted by atomic mass is 16.3. The Morgan fingerprint density at radius 1 is 0.968 bits per heavy atom. The first-order valence-corrected chi connectivity index (χ1v) is 10.1. The van der Waals surface area contributed by atoms with Gasteiger partial charge in [0.25, 0.3) is 5.91 Å². The molecule has 152 valence electrons. The number of anilines is 1. The van der Waals surface area contributed by atoms with Gasteiger partial charge >= 0.3 is 0 Å². The van der Waals surface area contributed by atoms with E-state index < -0.39 is 11.5 Å². The quantitative estimate of drug-likeness (QED) is 0.512. The molecule has 1 atom stereocenters. The summed E-state index contributed by atoms with van der Waals surface area (Å²) in [5.74, 6) is 0.286. The number of hydrogen-bond acceptors (Lipinski definition) is 3. The molecule has 0 saturated heterocycles. The van der Waals surface area contributed by atoms with E-state index in [0.29, 0.717) is 35.7 Å². The van der Waals surface area contributed by atoms with E-state index in [2.05, 4.69) is 4.85 Å². The van der Waals surface area contributed by atoms with E-state index in [4.69, 9.17) is 11.6 Å². The maximum Gasteiger partial charge on any atom is 0.268 e. The van der Waals surface area contributed by atoms with Gasteiger partial charge in [-0.3, -0.25) is 4.79 Å². The number of carbonyl (C=O) groups is 1. The van der Waals surface area contributed by atoms with Crippen LogP contribution in [0.2, 0.25) is 0 Å². The zero-order valence-electron chi connectivity index (χ0n) is 16.8. The molecule has 6 heteroatoms. The number of para-hydroxylation sites is 3. The summed E-state index contributed by atoms with van der Waals surface area (Å²) < 4.78 is 1.99. The summed E-state index contributed by atoms with van der Waals surface area (Å²) in [6.45, 7) is 8.20. The predicted molar refractivity (Wildman–Crippen MR) is 118 cm³/mol. The molecule has 1 N–H and O–H groups in total. The summed E-state index contributed by atoms with van der Waals surface area (Å²) in [6.07, 6.45) is 0. The van der Waals surface area contributed by atoms with E-state index in [1.807, 2.05) is 65.2 Å². The Hall–Kier alpha value is -3.95. The molecule has 0 fully saturated rings. The Bertz CT molecular complexity index is 1320. The third kappa shape index (κ3) is 2.90. The summed E-state index contributed by atoms with van der Waals surface area (Å²) in [7, 11) is 0. The smallest absolute Gasteiger partial charge is 0.268 e. The van der Waals surface area contributed by atoms with Gasteiger partial charge in [-0.2, -0.15) is 0 Å². The Kier molecular flexibility index (Phi) is 4.54. The number of aromatic nitrogens is 2. The largest absolute Gasteiger partial charge is 0.372 e. The van der Waals surface area contributed by atoms with Gasteiger partial charge < -0.3 is 19.4 Å². The number of amides is 1. The molecular formula is C25H20N4O2. The molecule has 0 aliphatic carbocycles. The Balaban J connectivity index is 1.61. The second-order valence-electron chi connectivity index (χ2n) is 7.53. The lowest BCUT2D eigenvalue weighted by molar-refractivity contribution is -0.132. The fourth-order valence-electron chi connectivity index (χ4n) is 4.34. The third-order valence-electron chi connectivity index (χ3n) is 5.80. The zero-order chi connectivity index (χ0) is 21.4. The van der Waals surface area contributed by atoms with Gasteiger partial charge in [-0.1, -0.05) is 60.7 Å². The number of rotatable bonds is 5. The van der Waals surface area contributed by atoms with E-state index in [9.17, 15) is 9.90 Å². The first-order valence-electron chi connectivity index (χ1n) is 10.1. The summed E-state index contributed by atoms with van der Waals surface area (Å²) in [4.78, 5) is 23.4. The van der Waals surface area contributed by atoms with Gasteiger partial charge in [-0.15, -0.1) is 0 Å². The molecule has 0 radical (unpaired) electrons. The number of carbonyl (C=O) groups excluding carboxylic acids is 1. The average molecular weight is 408 g/mol. The van der Waals surface area contributed by atoms with Crippen LogP contribution in [-0.2, 0) is 23.5 Å². The number of aliphatic hydroxyl groups is 1. The van der Waals surface area contributed by atoms with Crippen LogP contribution in [0.3, 0.4) is 0 Å². The SMILES string of the molecule is [C-]#[N+]CCn1c(CN2C(=O)C(O)(c3ccccc3)c3ccccc32)nc2ccccc21. The van der Waals surface area contributed by atoms with Crippen LogP contribution in [-0.4, -0.2) is 27.1 Å². The van der Waals surface area contributed by atoms with Gasteiger partial charge in [0.1, 0.15) is 5.82 Å². The maximum absolute atomic E-state index is 13.6. The lowest BCUT2D eigenvalue weighted by Gasteiger charge is -2.23. The second-order valence-corrected chi connectivity index (χ2v) is 7.53. The molecule has 4 aromatic rings. The van der Waals surface area contributed by atoms with Crippen LogP contribution in [0.15, 0.2) is 78.9 Å². The van der Waals surface area contributed by atoms with Crippen LogP contribution in [0.1, 0.15) is 17.0 Å². The van der Waals surface area contributed by atoms with Crippen molar-refractivity contribution in [2.45, 2.75) is 18.7 Å². The standard InChI is InChI=1S/C25H20N4O2/c1-26-15-16-28-22-14-8-6-12-20(22)27-23(28)17-29-21-13-7-5-11-19(21)25(31,24(29)30)18-9-3-2-4-10-18/h2-14,31H,15-17H2. The minimum atomic E-state index is -1.74. The van der Waals surface area contributed by atoms with Crippen molar-refractivity contribution >= 4 is 22.6 Å². The molecule has 2 heterocycles. The first-order chi connectivity index (χ1) is 15.1. The fourth-order valence-corrected chi connectivity index (χ4v) is 4.34. The highest BCUT2D eigenvalue weighted by molar-refractivity contribution is 6.09. The minimum absolute atomic E-state index is 0.206. The van der Waals surface area contributed by atoms with E-state index in [0.717, 1.165) is 11.0 Å². The molecule has 3 aromatic carbocycles. The molecule has 1 aromatic heterocycles. The minimum Gasteiger partial charge on any atom is -0.372 e. The van der Waals surface area contributed by atoms with Gasteiger partial charge in [-0.25, -0.2) is 11.6 Å². The van der Waals surface area contributed by atoms with Crippen molar-refractivity contribution in [3.05, 3.63) is 107 Å². The predicted octanol–water partition coefficient (Wildman–Crippen LogP) is 3.74. The maximum atomic E-state index is 13.6. The van der Waals surface area contributed by atoms with Gasteiger partial charge in [0.05, 0.1) is 29.8 Å². The highest BCUT2D eigenvalue weighted by Gasteiger charge is 2.51. The normalized spacial score (nSPS) is 17.7. The van der Waals surface area contributed by atoms with Crippen molar-refractivity contribution in [2.24, 2.45) is 0 Å². The van der Waals surface area contributed by atoms with Gasteiger partial charge in [0.15, 0.2) is 5.60 Å². The van der Waals surface area contributed by atoms with Crippen molar-refractivity contribution in [3.63, 3.8) is 0 Å². The van der Waals surface area contributed by atoms with Gasteiger partial charge in [0, 0.05) is 5.56 Å². The van der Waals surface area contributed by atoms with E-state index in [1.165, 1.54) is 0 Å². The van der Waals surface area contributed by atoms with E-state index in [1.54, 1.807) is 23.1 Å². The third-order valence-corrected chi connectivity index (χ3v) is 5.80. The molecule has 1 aliphatic heterocycles. The number of hydrogen-bond donors (Lipinski definition) is 1. The Morgan fingerprint density at radius 2 is 1.68 bits per heavy atom. The number of nitrogens with zero attached hydrogens (tertiary/aromatic N) is 4. The topological polar surface area (TPSA) is 62.7 Å². The second kappa shape index (κ2) is 7.38. The van der Waals surface area contributed by atoms with Crippen molar-refractivity contribution in [1.82, 2.24) is 9.55 Å². The monoisotopic (exact) mass is 408 g/mol. The van der Waals surface area contributed by atoms with E-state index >= 15 is 0 Å². The van der Waals surface area contributed by atoms with Gasteiger partial charge in [0.2, 0.25) is 6.54 Å². The van der Waals surface area contributed by atoms with Crippen LogP contribution >= 0.6 is 0 Å². The van der Waals surface area contributed by atoms with Crippen molar-refractivity contribution < 1.29 is 9.90 Å². The lowest BCUT2D eigenvalue weighted by atomic mass is 9.88. The molecule has 6 nitrogen and oxygen atoms in total. The number of benzene rings is 3.